The summed E-state index contributed by atoms with van der Waals surface area (Å²) in [4.78, 5) is 33.9. The van der Waals surface area contributed by atoms with Crippen molar-refractivity contribution in [3.63, 3.8) is 0 Å². The van der Waals surface area contributed by atoms with Crippen molar-refractivity contribution in [2.24, 2.45) is 0 Å². The standard InChI is InChI=1S/C19H14N2O6/c20-10-13(9-12-5-7-14(8-6-12)27-11-17(22)23)18(24)21-16-4-2-1-3-15(16)19(25)26/h1-9H,11H2,(H,21,24)(H,22,23)(H,25,26)/b13-9+. The van der Waals surface area contributed by atoms with Crippen LogP contribution in [0, 0.1) is 11.3 Å². The largest absolute Gasteiger partial charge is 0.482 e. The number of nitrogens with zero attached hydrogens (tertiary/aromatic N) is 1. The minimum atomic E-state index is -1.20. The van der Waals surface area contributed by atoms with E-state index in [0.717, 1.165) is 0 Å². The monoisotopic (exact) mass is 366 g/mol. The Morgan fingerprint density at radius 2 is 1.74 bits per heavy atom. The number of carbonyl (C=O) groups is 3. The fourth-order valence-electron chi connectivity index (χ4n) is 2.09. The Hall–Kier alpha value is -4.12. The molecule has 2 aromatic rings. The number of ether oxygens (including phenoxy) is 1. The second-order valence-electron chi connectivity index (χ2n) is 5.23. The lowest BCUT2D eigenvalue weighted by molar-refractivity contribution is -0.139. The first-order chi connectivity index (χ1) is 12.9. The molecule has 0 heterocycles. The zero-order valence-electron chi connectivity index (χ0n) is 13.9. The summed E-state index contributed by atoms with van der Waals surface area (Å²) in [5.74, 6) is -2.74. The van der Waals surface area contributed by atoms with Crippen LogP contribution < -0.4 is 10.1 Å². The Morgan fingerprint density at radius 1 is 1.07 bits per heavy atom. The molecule has 0 fully saturated rings. The maximum atomic E-state index is 12.3. The van der Waals surface area contributed by atoms with Crippen LogP contribution in [-0.4, -0.2) is 34.7 Å². The van der Waals surface area contributed by atoms with Crippen LogP contribution in [0.5, 0.6) is 5.75 Å². The van der Waals surface area contributed by atoms with Gasteiger partial charge in [-0.3, -0.25) is 4.79 Å². The SMILES string of the molecule is N#C/C(=C\c1ccc(OCC(=O)O)cc1)C(=O)Nc1ccccc1C(=O)O. The van der Waals surface area contributed by atoms with Gasteiger partial charge in [0, 0.05) is 0 Å². The van der Waals surface area contributed by atoms with E-state index in [4.69, 9.17) is 14.9 Å². The number of hydrogen-bond acceptors (Lipinski definition) is 5. The molecule has 0 aliphatic carbocycles. The van der Waals surface area contributed by atoms with Gasteiger partial charge in [0.15, 0.2) is 6.61 Å². The minimum Gasteiger partial charge on any atom is -0.482 e. The fraction of sp³-hybridized carbons (Fsp3) is 0.0526. The molecule has 0 bridgehead atoms. The van der Waals surface area contributed by atoms with E-state index >= 15 is 0 Å². The van der Waals surface area contributed by atoms with Gasteiger partial charge >= 0.3 is 11.9 Å². The number of anilines is 1. The van der Waals surface area contributed by atoms with Gasteiger partial charge in [-0.1, -0.05) is 24.3 Å². The second kappa shape index (κ2) is 8.82. The molecule has 2 aromatic carbocycles. The molecule has 8 nitrogen and oxygen atoms in total. The first-order valence-corrected chi connectivity index (χ1v) is 7.61. The van der Waals surface area contributed by atoms with E-state index in [1.54, 1.807) is 24.3 Å². The van der Waals surface area contributed by atoms with Crippen LogP contribution in [0.1, 0.15) is 15.9 Å². The van der Waals surface area contributed by atoms with Gasteiger partial charge in [-0.15, -0.1) is 0 Å². The Morgan fingerprint density at radius 3 is 2.33 bits per heavy atom. The van der Waals surface area contributed by atoms with Crippen LogP contribution in [0.25, 0.3) is 6.08 Å². The smallest absolute Gasteiger partial charge is 0.341 e. The summed E-state index contributed by atoms with van der Waals surface area (Å²) in [6, 6.07) is 13.7. The van der Waals surface area contributed by atoms with Crippen molar-refractivity contribution >= 4 is 29.6 Å². The number of hydrogen-bond donors (Lipinski definition) is 3. The molecule has 2 rings (SSSR count). The highest BCUT2D eigenvalue weighted by Crippen LogP contribution is 2.18. The predicted molar refractivity (Wildman–Crippen MR) is 95.2 cm³/mol. The van der Waals surface area contributed by atoms with Crippen molar-refractivity contribution in [1.82, 2.24) is 0 Å². The molecule has 0 saturated heterocycles. The number of nitriles is 1. The molecule has 0 aliphatic heterocycles. The van der Waals surface area contributed by atoms with Gasteiger partial charge in [-0.2, -0.15) is 5.26 Å². The third kappa shape index (κ3) is 5.44. The number of para-hydroxylation sites is 1. The Bertz CT molecular complexity index is 941. The maximum absolute atomic E-state index is 12.3. The number of benzene rings is 2. The molecule has 27 heavy (non-hydrogen) atoms. The third-order valence-electron chi connectivity index (χ3n) is 3.32. The molecule has 0 aliphatic rings. The third-order valence-corrected chi connectivity index (χ3v) is 3.32. The van der Waals surface area contributed by atoms with Gasteiger partial charge in [-0.05, 0) is 35.9 Å². The average molecular weight is 366 g/mol. The van der Waals surface area contributed by atoms with Gasteiger partial charge in [0.05, 0.1) is 11.3 Å². The fourth-order valence-corrected chi connectivity index (χ4v) is 2.09. The van der Waals surface area contributed by atoms with Crippen LogP contribution >= 0.6 is 0 Å². The molecule has 0 aromatic heterocycles. The van der Waals surface area contributed by atoms with Crippen molar-refractivity contribution in [2.75, 3.05) is 11.9 Å². The van der Waals surface area contributed by atoms with Crippen molar-refractivity contribution in [2.45, 2.75) is 0 Å². The van der Waals surface area contributed by atoms with Crippen LogP contribution in [0.15, 0.2) is 54.1 Å². The van der Waals surface area contributed by atoms with E-state index in [9.17, 15) is 19.6 Å². The van der Waals surface area contributed by atoms with Gasteiger partial charge in [0.1, 0.15) is 17.4 Å². The number of carboxylic acids is 2. The summed E-state index contributed by atoms with van der Waals surface area (Å²) in [6.07, 6.45) is 1.32. The van der Waals surface area contributed by atoms with E-state index in [1.165, 1.54) is 36.4 Å². The van der Waals surface area contributed by atoms with Crippen LogP contribution in [0.3, 0.4) is 0 Å². The van der Waals surface area contributed by atoms with Crippen molar-refractivity contribution < 1.29 is 29.3 Å². The highest BCUT2D eigenvalue weighted by Gasteiger charge is 2.14. The topological polar surface area (TPSA) is 137 Å². The lowest BCUT2D eigenvalue weighted by Crippen LogP contribution is -2.16. The Kier molecular flexibility index (Phi) is 6.28. The molecular weight excluding hydrogens is 352 g/mol. The number of carbonyl (C=O) groups excluding carboxylic acids is 1. The lowest BCUT2D eigenvalue weighted by Gasteiger charge is -2.07. The second-order valence-corrected chi connectivity index (χ2v) is 5.23. The Labute approximate surface area is 153 Å². The number of carboxylic acid groups (broad SMARTS) is 2. The van der Waals surface area contributed by atoms with Crippen LogP contribution in [0.4, 0.5) is 5.69 Å². The molecule has 136 valence electrons. The summed E-state index contributed by atoms with van der Waals surface area (Å²) >= 11 is 0. The predicted octanol–water partition coefficient (Wildman–Crippen LogP) is 2.39. The quantitative estimate of drug-likeness (QED) is 0.505. The zero-order valence-corrected chi connectivity index (χ0v) is 13.9. The molecule has 3 N–H and O–H groups in total. The van der Waals surface area contributed by atoms with Gasteiger partial charge in [0.25, 0.3) is 5.91 Å². The summed E-state index contributed by atoms with van der Waals surface area (Å²) in [7, 11) is 0. The lowest BCUT2D eigenvalue weighted by atomic mass is 10.1. The molecule has 1 amide bonds. The van der Waals surface area contributed by atoms with Gasteiger partial charge < -0.3 is 20.3 Å². The van der Waals surface area contributed by atoms with Crippen molar-refractivity contribution in [1.29, 1.82) is 5.26 Å². The molecular formula is C19H14N2O6. The van der Waals surface area contributed by atoms with Crippen LogP contribution in [-0.2, 0) is 9.59 Å². The number of nitrogens with one attached hydrogen (secondary N) is 1. The zero-order chi connectivity index (χ0) is 19.8. The Balaban J connectivity index is 2.16. The summed E-state index contributed by atoms with van der Waals surface area (Å²) in [5, 5.41) is 29.3. The number of amides is 1. The van der Waals surface area contributed by atoms with Crippen LogP contribution in [0.2, 0.25) is 0 Å². The number of aromatic carboxylic acids is 1. The first-order valence-electron chi connectivity index (χ1n) is 7.61. The highest BCUT2D eigenvalue weighted by molar-refractivity contribution is 6.11. The maximum Gasteiger partial charge on any atom is 0.341 e. The average Bonchev–Trinajstić information content (AvgIpc) is 2.65. The van der Waals surface area contributed by atoms with E-state index in [1.807, 2.05) is 0 Å². The van der Waals surface area contributed by atoms with E-state index in [-0.39, 0.29) is 16.8 Å². The van der Waals surface area contributed by atoms with Gasteiger partial charge in [-0.25, -0.2) is 9.59 Å². The molecule has 0 radical (unpaired) electrons. The summed E-state index contributed by atoms with van der Waals surface area (Å²) < 4.78 is 5.00. The molecule has 0 spiro atoms. The molecule has 0 atom stereocenters. The summed E-state index contributed by atoms with van der Waals surface area (Å²) in [6.45, 7) is -0.482. The highest BCUT2D eigenvalue weighted by atomic mass is 16.5. The van der Waals surface area contributed by atoms with E-state index in [2.05, 4.69) is 5.32 Å². The van der Waals surface area contributed by atoms with Gasteiger partial charge in [0.2, 0.25) is 0 Å². The molecule has 0 saturated carbocycles. The number of rotatable bonds is 7. The minimum absolute atomic E-state index is 0.0774. The first kappa shape index (κ1) is 19.2. The van der Waals surface area contributed by atoms with Crippen molar-refractivity contribution in [3.8, 4) is 11.8 Å². The number of aliphatic carboxylic acids is 1. The van der Waals surface area contributed by atoms with Crippen molar-refractivity contribution in [3.05, 3.63) is 65.2 Å². The normalized spacial score (nSPS) is 10.6. The van der Waals surface area contributed by atoms with E-state index < -0.39 is 24.5 Å². The molecule has 8 heteroatoms. The van der Waals surface area contributed by atoms with E-state index in [0.29, 0.717) is 11.3 Å². The molecule has 0 unspecified atom stereocenters. The summed E-state index contributed by atoms with van der Waals surface area (Å²) in [5.41, 5.74) is 0.266.